The average molecular weight is 209 g/mol. The van der Waals surface area contributed by atoms with Crippen LogP contribution in [0.15, 0.2) is 6.07 Å². The molecule has 0 aliphatic carbocycles. The lowest BCUT2D eigenvalue weighted by Crippen LogP contribution is -2.24. The van der Waals surface area contributed by atoms with E-state index < -0.39 is 0 Å². The normalized spacial score (nSPS) is 13.1. The Hall–Kier alpha value is -0.830. The molecule has 15 heavy (non-hydrogen) atoms. The van der Waals surface area contributed by atoms with Crippen molar-refractivity contribution in [3.05, 3.63) is 17.5 Å². The van der Waals surface area contributed by atoms with Gasteiger partial charge in [-0.2, -0.15) is 5.10 Å². The van der Waals surface area contributed by atoms with Crippen LogP contribution in [-0.2, 0) is 13.5 Å². The zero-order chi connectivity index (χ0) is 11.3. The van der Waals surface area contributed by atoms with Gasteiger partial charge in [0.25, 0.3) is 0 Å². The summed E-state index contributed by atoms with van der Waals surface area (Å²) in [5.41, 5.74) is 2.46. The Bertz CT molecular complexity index is 291. The van der Waals surface area contributed by atoms with E-state index in [1.54, 1.807) is 0 Å². The number of rotatable bonds is 6. The Morgan fingerprint density at radius 1 is 1.47 bits per heavy atom. The minimum absolute atomic E-state index is 0.722. The highest BCUT2D eigenvalue weighted by Gasteiger charge is 2.10. The van der Waals surface area contributed by atoms with Gasteiger partial charge in [0.2, 0.25) is 0 Å². The Morgan fingerprint density at radius 2 is 2.20 bits per heavy atom. The molecule has 0 spiro atoms. The van der Waals surface area contributed by atoms with Gasteiger partial charge in [-0.1, -0.05) is 20.3 Å². The summed E-state index contributed by atoms with van der Waals surface area (Å²) in [6, 6.07) is 2.19. The fourth-order valence-electron chi connectivity index (χ4n) is 1.86. The molecule has 0 amide bonds. The molecule has 0 bridgehead atoms. The summed E-state index contributed by atoms with van der Waals surface area (Å²) in [5, 5.41) is 7.79. The summed E-state index contributed by atoms with van der Waals surface area (Å²) in [5.74, 6) is 0.722. The third kappa shape index (κ3) is 3.67. The number of nitrogens with one attached hydrogen (secondary N) is 1. The third-order valence-corrected chi connectivity index (χ3v) is 2.86. The van der Waals surface area contributed by atoms with Crippen molar-refractivity contribution in [2.24, 2.45) is 13.0 Å². The topological polar surface area (TPSA) is 29.9 Å². The lowest BCUT2D eigenvalue weighted by molar-refractivity contribution is 0.454. The fraction of sp³-hybridized carbons (Fsp3) is 0.750. The predicted octanol–water partition coefficient (Wildman–Crippen LogP) is 1.91. The summed E-state index contributed by atoms with van der Waals surface area (Å²) in [6.07, 6.45) is 2.35. The van der Waals surface area contributed by atoms with Crippen molar-refractivity contribution < 1.29 is 0 Å². The molecule has 0 radical (unpaired) electrons. The number of nitrogens with zero attached hydrogens (tertiary/aromatic N) is 2. The highest BCUT2D eigenvalue weighted by molar-refractivity contribution is 5.09. The van der Waals surface area contributed by atoms with Crippen LogP contribution in [0.25, 0.3) is 0 Å². The number of aromatic nitrogens is 2. The first-order valence-corrected chi connectivity index (χ1v) is 5.87. The highest BCUT2D eigenvalue weighted by atomic mass is 15.3. The standard InChI is InChI=1S/C12H23N3/c1-5-11(9-13-6-2)8-12-7-10(3)14-15(12)4/h7,11,13H,5-6,8-9H2,1-4H3. The Kier molecular flexibility index (Phi) is 4.82. The van der Waals surface area contributed by atoms with Crippen LogP contribution in [0.3, 0.4) is 0 Å². The van der Waals surface area contributed by atoms with E-state index in [9.17, 15) is 0 Å². The number of hydrogen-bond acceptors (Lipinski definition) is 2. The van der Waals surface area contributed by atoms with E-state index in [2.05, 4.69) is 37.3 Å². The first kappa shape index (κ1) is 12.2. The summed E-state index contributed by atoms with van der Waals surface area (Å²) in [4.78, 5) is 0. The predicted molar refractivity (Wildman–Crippen MR) is 64.0 cm³/mol. The van der Waals surface area contributed by atoms with Crippen molar-refractivity contribution >= 4 is 0 Å². The molecule has 0 fully saturated rings. The maximum Gasteiger partial charge on any atom is 0.0596 e. The van der Waals surface area contributed by atoms with Gasteiger partial charge in [0.05, 0.1) is 5.69 Å². The second-order valence-electron chi connectivity index (χ2n) is 4.19. The Morgan fingerprint density at radius 3 is 2.67 bits per heavy atom. The quantitative estimate of drug-likeness (QED) is 0.775. The van der Waals surface area contributed by atoms with Crippen molar-refractivity contribution in [2.45, 2.75) is 33.6 Å². The minimum Gasteiger partial charge on any atom is -0.317 e. The first-order valence-electron chi connectivity index (χ1n) is 5.87. The van der Waals surface area contributed by atoms with E-state index in [4.69, 9.17) is 0 Å². The summed E-state index contributed by atoms with van der Waals surface area (Å²) in [7, 11) is 2.03. The lowest BCUT2D eigenvalue weighted by Gasteiger charge is -2.14. The monoisotopic (exact) mass is 209 g/mol. The smallest absolute Gasteiger partial charge is 0.0596 e. The van der Waals surface area contributed by atoms with Crippen LogP contribution in [0.2, 0.25) is 0 Å². The van der Waals surface area contributed by atoms with E-state index in [-0.39, 0.29) is 0 Å². The summed E-state index contributed by atoms with van der Waals surface area (Å²) < 4.78 is 2.00. The van der Waals surface area contributed by atoms with Gasteiger partial charge in [0.1, 0.15) is 0 Å². The maximum absolute atomic E-state index is 4.37. The molecular formula is C12H23N3. The van der Waals surface area contributed by atoms with E-state index in [1.807, 2.05) is 11.7 Å². The largest absolute Gasteiger partial charge is 0.317 e. The van der Waals surface area contributed by atoms with Crippen molar-refractivity contribution in [3.63, 3.8) is 0 Å². The van der Waals surface area contributed by atoms with Gasteiger partial charge >= 0.3 is 0 Å². The molecule has 0 aliphatic heterocycles. The Balaban J connectivity index is 2.54. The molecule has 0 aliphatic rings. The summed E-state index contributed by atoms with van der Waals surface area (Å²) >= 11 is 0. The van der Waals surface area contributed by atoms with E-state index in [0.717, 1.165) is 31.1 Å². The van der Waals surface area contributed by atoms with Crippen LogP contribution in [0, 0.1) is 12.8 Å². The van der Waals surface area contributed by atoms with Gasteiger partial charge in [-0.25, -0.2) is 0 Å². The zero-order valence-corrected chi connectivity index (χ0v) is 10.4. The molecule has 0 aromatic carbocycles. The van der Waals surface area contributed by atoms with Crippen molar-refractivity contribution in [2.75, 3.05) is 13.1 Å². The minimum atomic E-state index is 0.722. The number of hydrogen-bond donors (Lipinski definition) is 1. The van der Waals surface area contributed by atoms with Crippen LogP contribution in [0.1, 0.15) is 31.7 Å². The molecule has 3 heteroatoms. The van der Waals surface area contributed by atoms with E-state index in [0.29, 0.717) is 0 Å². The van der Waals surface area contributed by atoms with Crippen molar-refractivity contribution in [1.82, 2.24) is 15.1 Å². The van der Waals surface area contributed by atoms with Crippen LogP contribution >= 0.6 is 0 Å². The summed E-state index contributed by atoms with van der Waals surface area (Å²) in [6.45, 7) is 8.62. The molecule has 0 saturated carbocycles. The van der Waals surface area contributed by atoms with Crippen molar-refractivity contribution in [1.29, 1.82) is 0 Å². The first-order chi connectivity index (χ1) is 7.17. The molecule has 1 atom stereocenters. The third-order valence-electron chi connectivity index (χ3n) is 2.86. The zero-order valence-electron chi connectivity index (χ0n) is 10.4. The molecule has 0 saturated heterocycles. The number of aryl methyl sites for hydroxylation is 2. The Labute approximate surface area is 92.9 Å². The van der Waals surface area contributed by atoms with Gasteiger partial charge in [0, 0.05) is 12.7 Å². The van der Waals surface area contributed by atoms with Gasteiger partial charge < -0.3 is 5.32 Å². The van der Waals surface area contributed by atoms with Gasteiger partial charge in [-0.3, -0.25) is 4.68 Å². The van der Waals surface area contributed by atoms with Crippen LogP contribution in [-0.4, -0.2) is 22.9 Å². The molecule has 1 rings (SSSR count). The average Bonchev–Trinajstić information content (AvgIpc) is 2.52. The fourth-order valence-corrected chi connectivity index (χ4v) is 1.86. The SMILES string of the molecule is CCNCC(CC)Cc1cc(C)nn1C. The molecule has 1 aromatic heterocycles. The van der Waals surface area contributed by atoms with E-state index >= 15 is 0 Å². The molecule has 3 nitrogen and oxygen atoms in total. The van der Waals surface area contributed by atoms with Crippen LogP contribution in [0.5, 0.6) is 0 Å². The molecule has 86 valence electrons. The molecule has 1 aromatic rings. The highest BCUT2D eigenvalue weighted by Crippen LogP contribution is 2.12. The van der Waals surface area contributed by atoms with Crippen molar-refractivity contribution in [3.8, 4) is 0 Å². The van der Waals surface area contributed by atoms with Gasteiger partial charge in [-0.05, 0) is 38.4 Å². The van der Waals surface area contributed by atoms with Gasteiger partial charge in [-0.15, -0.1) is 0 Å². The molecule has 1 N–H and O–H groups in total. The molecule has 1 unspecified atom stereocenters. The van der Waals surface area contributed by atoms with Crippen LogP contribution in [0.4, 0.5) is 0 Å². The van der Waals surface area contributed by atoms with E-state index in [1.165, 1.54) is 12.1 Å². The maximum atomic E-state index is 4.37. The van der Waals surface area contributed by atoms with Gasteiger partial charge in [0.15, 0.2) is 0 Å². The second kappa shape index (κ2) is 5.91. The second-order valence-corrected chi connectivity index (χ2v) is 4.19. The lowest BCUT2D eigenvalue weighted by atomic mass is 10.00. The molecular weight excluding hydrogens is 186 g/mol. The molecule has 1 heterocycles. The van der Waals surface area contributed by atoms with Crippen LogP contribution < -0.4 is 5.32 Å².